The summed E-state index contributed by atoms with van der Waals surface area (Å²) in [7, 11) is 3.82. The van der Waals surface area contributed by atoms with Crippen LogP contribution in [0.5, 0.6) is 0 Å². The molecule has 3 rings (SSSR count). The molecule has 0 aliphatic rings. The van der Waals surface area contributed by atoms with Crippen molar-refractivity contribution in [1.29, 1.82) is 0 Å². The van der Waals surface area contributed by atoms with Gasteiger partial charge in [-0.2, -0.15) is 0 Å². The first-order valence-corrected chi connectivity index (χ1v) is 10.8. The van der Waals surface area contributed by atoms with Gasteiger partial charge in [-0.25, -0.2) is 4.79 Å². The molecule has 1 atom stereocenters. The van der Waals surface area contributed by atoms with Crippen molar-refractivity contribution in [2.75, 3.05) is 25.5 Å². The highest BCUT2D eigenvalue weighted by Gasteiger charge is 2.25. The van der Waals surface area contributed by atoms with Crippen molar-refractivity contribution < 1.29 is 14.3 Å². The maximum absolute atomic E-state index is 13.3. The van der Waals surface area contributed by atoms with Gasteiger partial charge >= 0.3 is 5.97 Å². The number of rotatable bonds is 9. The van der Waals surface area contributed by atoms with Crippen LogP contribution in [0.25, 0.3) is 0 Å². The molecule has 0 aliphatic heterocycles. The molecule has 1 amide bonds. The number of ether oxygens (including phenoxy) is 1. The summed E-state index contributed by atoms with van der Waals surface area (Å²) in [6.45, 7) is 2.64. The summed E-state index contributed by atoms with van der Waals surface area (Å²) >= 11 is 0. The van der Waals surface area contributed by atoms with Crippen molar-refractivity contribution in [2.24, 2.45) is 0 Å². The Hall–Kier alpha value is -3.60. The van der Waals surface area contributed by atoms with E-state index >= 15 is 0 Å². The molecule has 0 aromatic heterocycles. The fourth-order valence-electron chi connectivity index (χ4n) is 3.43. The highest BCUT2D eigenvalue weighted by atomic mass is 16.5. The van der Waals surface area contributed by atoms with Crippen molar-refractivity contribution in [3.63, 3.8) is 0 Å². The summed E-state index contributed by atoms with van der Waals surface area (Å²) in [6, 6.07) is 27.1. The summed E-state index contributed by atoms with van der Waals surface area (Å²) < 4.78 is 5.56. The van der Waals surface area contributed by atoms with Crippen LogP contribution in [0.4, 0.5) is 5.69 Å². The van der Waals surface area contributed by atoms with E-state index in [1.54, 1.807) is 30.0 Å². The zero-order valence-electron chi connectivity index (χ0n) is 18.9. The van der Waals surface area contributed by atoms with Crippen molar-refractivity contribution in [3.8, 4) is 0 Å². The van der Waals surface area contributed by atoms with Gasteiger partial charge in [-0.3, -0.25) is 4.79 Å². The SMILES string of the molecule is C[C@@H](OC(=O)c1cccc(N(C)C)c1)C(=O)N(CCc1ccccc1)Cc1ccccc1. The number of anilines is 1. The molecule has 5 nitrogen and oxygen atoms in total. The molecule has 0 fully saturated rings. The molecule has 0 N–H and O–H groups in total. The second-order valence-corrected chi connectivity index (χ2v) is 7.97. The lowest BCUT2D eigenvalue weighted by Crippen LogP contribution is -2.40. The van der Waals surface area contributed by atoms with Crippen LogP contribution in [-0.4, -0.2) is 43.5 Å². The molecular formula is C27H30N2O3. The molecular weight excluding hydrogens is 400 g/mol. The second-order valence-electron chi connectivity index (χ2n) is 7.97. The summed E-state index contributed by atoms with van der Waals surface area (Å²) in [6.07, 6.45) is -0.157. The summed E-state index contributed by atoms with van der Waals surface area (Å²) in [4.78, 5) is 29.6. The van der Waals surface area contributed by atoms with Gasteiger partial charge in [-0.15, -0.1) is 0 Å². The molecule has 0 spiro atoms. The lowest BCUT2D eigenvalue weighted by molar-refractivity contribution is -0.140. The fourth-order valence-corrected chi connectivity index (χ4v) is 3.43. The number of hydrogen-bond donors (Lipinski definition) is 0. The Kier molecular flexibility index (Phi) is 8.03. The Balaban J connectivity index is 1.70. The number of amides is 1. The number of nitrogens with zero attached hydrogens (tertiary/aromatic N) is 2. The predicted octanol–water partition coefficient (Wildman–Crippen LogP) is 4.57. The Morgan fingerprint density at radius 3 is 2.09 bits per heavy atom. The minimum Gasteiger partial charge on any atom is -0.449 e. The predicted molar refractivity (Wildman–Crippen MR) is 128 cm³/mol. The maximum Gasteiger partial charge on any atom is 0.338 e. The summed E-state index contributed by atoms with van der Waals surface area (Å²) in [5.41, 5.74) is 3.51. The molecule has 0 unspecified atom stereocenters. The van der Waals surface area contributed by atoms with Gasteiger partial charge in [0.1, 0.15) is 0 Å². The van der Waals surface area contributed by atoms with Crippen molar-refractivity contribution in [2.45, 2.75) is 26.0 Å². The molecule has 0 saturated heterocycles. The van der Waals surface area contributed by atoms with Gasteiger partial charge in [0.2, 0.25) is 0 Å². The van der Waals surface area contributed by atoms with E-state index in [9.17, 15) is 9.59 Å². The molecule has 0 aliphatic carbocycles. The Labute approximate surface area is 190 Å². The first-order chi connectivity index (χ1) is 15.4. The van der Waals surface area contributed by atoms with Crippen LogP contribution in [0.2, 0.25) is 0 Å². The highest BCUT2D eigenvalue weighted by Crippen LogP contribution is 2.16. The van der Waals surface area contributed by atoms with E-state index in [1.807, 2.05) is 85.7 Å². The van der Waals surface area contributed by atoms with Crippen molar-refractivity contribution >= 4 is 17.6 Å². The minimum atomic E-state index is -0.884. The van der Waals surface area contributed by atoms with Crippen LogP contribution in [0.15, 0.2) is 84.9 Å². The zero-order valence-corrected chi connectivity index (χ0v) is 18.9. The standard InChI is InChI=1S/C27H30N2O3/c1-21(32-27(31)24-15-10-16-25(19-24)28(2)3)26(30)29(20-23-13-8-5-9-14-23)18-17-22-11-6-4-7-12-22/h4-16,19,21H,17-18,20H2,1-3H3/t21-/m1/s1. The van der Waals surface area contributed by atoms with E-state index in [2.05, 4.69) is 0 Å². The zero-order chi connectivity index (χ0) is 22.9. The average Bonchev–Trinajstić information content (AvgIpc) is 2.82. The van der Waals surface area contributed by atoms with E-state index in [0.29, 0.717) is 18.7 Å². The van der Waals surface area contributed by atoms with Gasteiger partial charge in [0, 0.05) is 32.9 Å². The molecule has 0 bridgehead atoms. The third kappa shape index (κ3) is 6.45. The number of carbonyl (C=O) groups excluding carboxylic acids is 2. The number of hydrogen-bond acceptors (Lipinski definition) is 4. The van der Waals surface area contributed by atoms with Gasteiger partial charge in [-0.1, -0.05) is 66.7 Å². The van der Waals surface area contributed by atoms with Crippen LogP contribution in [0, 0.1) is 0 Å². The fraction of sp³-hybridized carbons (Fsp3) is 0.259. The van der Waals surface area contributed by atoms with E-state index in [-0.39, 0.29) is 5.91 Å². The average molecular weight is 431 g/mol. The van der Waals surface area contributed by atoms with Crippen molar-refractivity contribution in [3.05, 3.63) is 102 Å². The Morgan fingerprint density at radius 1 is 0.844 bits per heavy atom. The highest BCUT2D eigenvalue weighted by molar-refractivity contribution is 5.93. The molecule has 166 valence electrons. The maximum atomic E-state index is 13.3. The smallest absolute Gasteiger partial charge is 0.338 e. The van der Waals surface area contributed by atoms with Crippen LogP contribution in [0.1, 0.15) is 28.4 Å². The van der Waals surface area contributed by atoms with Crippen LogP contribution in [-0.2, 0) is 22.5 Å². The number of carbonyl (C=O) groups is 2. The molecule has 0 heterocycles. The van der Waals surface area contributed by atoms with Gasteiger partial charge in [0.05, 0.1) is 5.56 Å². The largest absolute Gasteiger partial charge is 0.449 e. The van der Waals surface area contributed by atoms with Gasteiger partial charge in [-0.05, 0) is 42.7 Å². The molecule has 0 saturated carbocycles. The van der Waals surface area contributed by atoms with Gasteiger partial charge < -0.3 is 14.5 Å². The molecule has 3 aromatic rings. The van der Waals surface area contributed by atoms with Crippen molar-refractivity contribution in [1.82, 2.24) is 4.90 Å². The summed E-state index contributed by atoms with van der Waals surface area (Å²) in [5, 5.41) is 0. The third-order valence-corrected chi connectivity index (χ3v) is 5.27. The Morgan fingerprint density at radius 2 is 1.47 bits per heavy atom. The molecule has 32 heavy (non-hydrogen) atoms. The Bertz CT molecular complexity index is 1020. The molecule has 0 radical (unpaired) electrons. The normalized spacial score (nSPS) is 11.5. The third-order valence-electron chi connectivity index (χ3n) is 5.27. The second kappa shape index (κ2) is 11.1. The number of benzene rings is 3. The number of esters is 1. The first-order valence-electron chi connectivity index (χ1n) is 10.8. The first kappa shape index (κ1) is 23.1. The lowest BCUT2D eigenvalue weighted by Gasteiger charge is -2.26. The monoisotopic (exact) mass is 430 g/mol. The van der Waals surface area contributed by atoms with Crippen LogP contribution < -0.4 is 4.90 Å². The quantitative estimate of drug-likeness (QED) is 0.467. The van der Waals surface area contributed by atoms with Crippen LogP contribution >= 0.6 is 0 Å². The van der Waals surface area contributed by atoms with E-state index in [1.165, 1.54) is 0 Å². The molecule has 3 aromatic carbocycles. The minimum absolute atomic E-state index is 0.207. The van der Waals surface area contributed by atoms with E-state index in [0.717, 1.165) is 23.2 Å². The van der Waals surface area contributed by atoms with Gasteiger partial charge in [0.25, 0.3) is 5.91 Å². The van der Waals surface area contributed by atoms with Crippen LogP contribution in [0.3, 0.4) is 0 Å². The van der Waals surface area contributed by atoms with E-state index in [4.69, 9.17) is 4.74 Å². The topological polar surface area (TPSA) is 49.9 Å². The summed E-state index contributed by atoms with van der Waals surface area (Å²) in [5.74, 6) is -0.709. The molecule has 5 heteroatoms. The van der Waals surface area contributed by atoms with E-state index < -0.39 is 12.1 Å². The lowest BCUT2D eigenvalue weighted by atomic mass is 10.1. The van der Waals surface area contributed by atoms with Gasteiger partial charge in [0.15, 0.2) is 6.10 Å².